The van der Waals surface area contributed by atoms with E-state index in [4.69, 9.17) is 37.4 Å². The number of ether oxygens (including phenoxy) is 3. The van der Waals surface area contributed by atoms with Gasteiger partial charge in [0, 0.05) is 46.5 Å². The van der Waals surface area contributed by atoms with Crippen molar-refractivity contribution in [1.82, 2.24) is 15.3 Å². The number of nitrogens with one attached hydrogen (secondary N) is 2. The lowest BCUT2D eigenvalue weighted by Gasteiger charge is -2.30. The number of pyridine rings is 1. The van der Waals surface area contributed by atoms with E-state index in [0.717, 1.165) is 38.0 Å². The number of hydrogen-bond donors (Lipinski definition) is 2. The number of rotatable bonds is 11. The summed E-state index contributed by atoms with van der Waals surface area (Å²) in [5.74, 6) is 1.60. The van der Waals surface area contributed by atoms with E-state index in [-0.39, 0.29) is 11.4 Å². The monoisotopic (exact) mass is 653 g/mol. The van der Waals surface area contributed by atoms with Gasteiger partial charge in [0.25, 0.3) is 0 Å². The summed E-state index contributed by atoms with van der Waals surface area (Å²) >= 11 is 12.0. The van der Waals surface area contributed by atoms with Crippen LogP contribution in [0.3, 0.4) is 0 Å². The number of aromatic nitrogens is 1. The van der Waals surface area contributed by atoms with Crippen molar-refractivity contribution in [1.29, 1.82) is 0 Å². The van der Waals surface area contributed by atoms with Crippen molar-refractivity contribution < 1.29 is 23.4 Å². The van der Waals surface area contributed by atoms with Gasteiger partial charge in [0.15, 0.2) is 23.1 Å². The normalized spacial score (nSPS) is 14.1. The lowest BCUT2D eigenvalue weighted by Crippen LogP contribution is -2.34. The number of methoxy groups -OCH3 is 1. The molecule has 3 aromatic carbocycles. The highest BCUT2D eigenvalue weighted by molar-refractivity contribution is 6.36. The zero-order valence-electron chi connectivity index (χ0n) is 25.0. The number of piperidine rings is 1. The minimum Gasteiger partial charge on any atom is -0.493 e. The van der Waals surface area contributed by atoms with Gasteiger partial charge in [-0.25, -0.2) is 14.6 Å². The van der Waals surface area contributed by atoms with Gasteiger partial charge in [-0.15, -0.1) is 0 Å². The number of carbonyl (C=O) groups is 1. The lowest BCUT2D eigenvalue weighted by atomic mass is 9.99. The van der Waals surface area contributed by atoms with Crippen molar-refractivity contribution in [2.45, 2.75) is 26.2 Å². The van der Waals surface area contributed by atoms with Gasteiger partial charge in [-0.2, -0.15) is 5.10 Å². The maximum Gasteiger partial charge on any atom is 0.339 e. The molecule has 236 valence electrons. The average molecular weight is 655 g/mol. The van der Waals surface area contributed by atoms with Crippen LogP contribution in [-0.2, 0) is 0 Å². The number of urea groups is 1. The Balaban J connectivity index is 1.20. The van der Waals surface area contributed by atoms with E-state index in [1.165, 1.54) is 31.2 Å². The highest BCUT2D eigenvalue weighted by atomic mass is 35.5. The zero-order valence-corrected chi connectivity index (χ0v) is 26.5. The van der Waals surface area contributed by atoms with E-state index in [9.17, 15) is 4.79 Å². The van der Waals surface area contributed by atoms with Crippen LogP contribution in [0.2, 0.25) is 10.0 Å². The van der Waals surface area contributed by atoms with Crippen LogP contribution >= 0.6 is 23.2 Å². The molecule has 1 aliphatic rings. The molecule has 0 spiro atoms. The predicted molar refractivity (Wildman–Crippen MR) is 176 cm³/mol. The third-order valence-corrected chi connectivity index (χ3v) is 8.04. The van der Waals surface area contributed by atoms with Crippen molar-refractivity contribution in [2.24, 2.45) is 11.0 Å². The van der Waals surface area contributed by atoms with Crippen LogP contribution in [0, 0.1) is 11.7 Å². The van der Waals surface area contributed by atoms with E-state index < -0.39 is 11.8 Å². The molecule has 12 heteroatoms. The van der Waals surface area contributed by atoms with Gasteiger partial charge in [-0.1, -0.05) is 36.2 Å². The second-order valence-electron chi connectivity index (χ2n) is 10.8. The van der Waals surface area contributed by atoms with E-state index in [2.05, 4.69) is 32.7 Å². The van der Waals surface area contributed by atoms with Crippen LogP contribution in [-0.4, -0.2) is 55.5 Å². The third-order valence-electron chi connectivity index (χ3n) is 7.48. The van der Waals surface area contributed by atoms with Gasteiger partial charge in [-0.05, 0) is 74.7 Å². The largest absolute Gasteiger partial charge is 0.493 e. The Morgan fingerprint density at radius 1 is 1.07 bits per heavy atom. The van der Waals surface area contributed by atoms with Crippen molar-refractivity contribution in [3.8, 4) is 23.0 Å². The molecule has 2 heterocycles. The third kappa shape index (κ3) is 8.75. The molecule has 1 aliphatic heterocycles. The molecule has 2 N–H and O–H groups in total. The summed E-state index contributed by atoms with van der Waals surface area (Å²) in [6, 6.07) is 13.5. The van der Waals surface area contributed by atoms with Crippen LogP contribution in [0.5, 0.6) is 23.0 Å². The summed E-state index contributed by atoms with van der Waals surface area (Å²) in [7, 11) is 1.57. The molecule has 4 aromatic rings. The molecule has 45 heavy (non-hydrogen) atoms. The van der Waals surface area contributed by atoms with E-state index >= 15 is 4.39 Å². The first-order valence-electron chi connectivity index (χ1n) is 14.6. The molecular weight excluding hydrogens is 620 g/mol. The number of carbonyl (C=O) groups excluding carboxylic acids is 1. The SMILES string of the molecule is COc1cc2c(Oc3ccc(NC(=O)N/N=C/c4ccc(Cl)cc4Cl)cc3F)ccnc2cc1OCCCN1CCC(C)CC1. The zero-order chi connectivity index (χ0) is 31.8. The quantitative estimate of drug-likeness (QED) is 0.0963. The number of amides is 2. The molecule has 0 bridgehead atoms. The molecule has 1 saturated heterocycles. The molecule has 2 amide bonds. The molecule has 5 rings (SSSR count). The minimum atomic E-state index is -0.677. The summed E-state index contributed by atoms with van der Waals surface area (Å²) in [6.07, 6.45) is 6.35. The number of fused-ring (bicyclic) bond motifs is 1. The van der Waals surface area contributed by atoms with Crippen LogP contribution < -0.4 is 25.0 Å². The first-order valence-corrected chi connectivity index (χ1v) is 15.4. The lowest BCUT2D eigenvalue weighted by molar-refractivity contribution is 0.176. The summed E-state index contributed by atoms with van der Waals surface area (Å²) in [5.41, 5.74) is 3.69. The van der Waals surface area contributed by atoms with Gasteiger partial charge in [-0.3, -0.25) is 4.98 Å². The molecule has 0 atom stereocenters. The Bertz CT molecular complexity index is 1680. The minimum absolute atomic E-state index is 0.0322. The standard InChI is InChI=1S/C33H34Cl2FN5O4/c1-21-9-13-41(14-10-21)12-3-15-44-32-19-28-25(18-31(32)43-2)29(8-11-37-28)45-30-7-6-24(17-27(30)36)39-33(42)40-38-20-22-4-5-23(34)16-26(22)35/h4-8,11,16-21H,3,9-10,12-15H2,1-2H3,(H2,39,40,42)/b38-20+. The topological polar surface area (TPSA) is 97.3 Å². The van der Waals surface area contributed by atoms with Crippen LogP contribution in [0.25, 0.3) is 10.9 Å². The number of benzene rings is 3. The smallest absolute Gasteiger partial charge is 0.339 e. The number of likely N-dealkylation sites (tertiary alicyclic amines) is 1. The number of halogens is 3. The molecule has 0 aliphatic carbocycles. The maximum absolute atomic E-state index is 15.1. The van der Waals surface area contributed by atoms with Crippen LogP contribution in [0.1, 0.15) is 31.7 Å². The number of anilines is 1. The van der Waals surface area contributed by atoms with Crippen molar-refractivity contribution in [3.63, 3.8) is 0 Å². The van der Waals surface area contributed by atoms with E-state index in [1.807, 2.05) is 0 Å². The van der Waals surface area contributed by atoms with Gasteiger partial charge in [0.1, 0.15) is 5.75 Å². The van der Waals surface area contributed by atoms with E-state index in [1.54, 1.807) is 49.7 Å². The molecule has 1 aromatic heterocycles. The maximum atomic E-state index is 15.1. The Morgan fingerprint density at radius 3 is 2.64 bits per heavy atom. The van der Waals surface area contributed by atoms with Gasteiger partial charge < -0.3 is 24.4 Å². The Morgan fingerprint density at radius 2 is 1.89 bits per heavy atom. The summed E-state index contributed by atoms with van der Waals surface area (Å²) < 4.78 is 32.7. The highest BCUT2D eigenvalue weighted by Gasteiger charge is 2.17. The average Bonchev–Trinajstić information content (AvgIpc) is 3.02. The van der Waals surface area contributed by atoms with Crippen LogP contribution in [0.4, 0.5) is 14.9 Å². The Hall–Kier alpha value is -4.12. The summed E-state index contributed by atoms with van der Waals surface area (Å²) in [6.45, 7) is 6.14. The van der Waals surface area contributed by atoms with Crippen molar-refractivity contribution in [3.05, 3.63) is 82.2 Å². The number of nitrogens with zero attached hydrogens (tertiary/aromatic N) is 3. The predicted octanol–water partition coefficient (Wildman–Crippen LogP) is 8.14. The van der Waals surface area contributed by atoms with Crippen LogP contribution in [0.15, 0.2) is 65.9 Å². The summed E-state index contributed by atoms with van der Waals surface area (Å²) in [5, 5.41) is 7.87. The molecule has 0 unspecified atom stereocenters. The van der Waals surface area contributed by atoms with Gasteiger partial charge in [0.05, 0.1) is 30.5 Å². The highest BCUT2D eigenvalue weighted by Crippen LogP contribution is 2.38. The molecule has 0 saturated carbocycles. The second kappa shape index (κ2) is 15.2. The molecular formula is C33H34Cl2FN5O4. The number of hydrogen-bond acceptors (Lipinski definition) is 7. The summed E-state index contributed by atoms with van der Waals surface area (Å²) in [4.78, 5) is 19.2. The fourth-order valence-electron chi connectivity index (χ4n) is 4.95. The molecule has 1 fully saturated rings. The Kier molecular flexibility index (Phi) is 10.9. The molecule has 0 radical (unpaired) electrons. The van der Waals surface area contributed by atoms with Gasteiger partial charge in [0.2, 0.25) is 0 Å². The fourth-order valence-corrected chi connectivity index (χ4v) is 5.41. The van der Waals surface area contributed by atoms with Crippen molar-refractivity contribution >= 4 is 52.0 Å². The molecule has 9 nitrogen and oxygen atoms in total. The first-order chi connectivity index (χ1) is 21.8. The van der Waals surface area contributed by atoms with Gasteiger partial charge >= 0.3 is 6.03 Å². The van der Waals surface area contributed by atoms with Crippen molar-refractivity contribution in [2.75, 3.05) is 38.7 Å². The van der Waals surface area contributed by atoms with E-state index in [0.29, 0.717) is 50.4 Å². The fraction of sp³-hybridized carbons (Fsp3) is 0.303. The Labute approximate surface area is 271 Å². The second-order valence-corrected chi connectivity index (χ2v) is 11.6. The number of hydrazone groups is 1. The first kappa shape index (κ1) is 32.3.